The first kappa shape index (κ1) is 12.8. The fourth-order valence-electron chi connectivity index (χ4n) is 1.58. The van der Waals surface area contributed by atoms with Crippen LogP contribution in [-0.2, 0) is 4.79 Å². The first-order valence-electron chi connectivity index (χ1n) is 5.82. The Kier molecular flexibility index (Phi) is 3.61. The van der Waals surface area contributed by atoms with Crippen LogP contribution in [0.2, 0.25) is 0 Å². The van der Waals surface area contributed by atoms with E-state index in [0.29, 0.717) is 5.69 Å². The van der Waals surface area contributed by atoms with Crippen LogP contribution in [0, 0.1) is 21.4 Å². The molecule has 1 aromatic carbocycles. The molecule has 0 bridgehead atoms. The van der Waals surface area contributed by atoms with Crippen molar-refractivity contribution in [3.05, 3.63) is 33.9 Å². The topological polar surface area (TPSA) is 108 Å². The van der Waals surface area contributed by atoms with Crippen LogP contribution in [0.4, 0.5) is 11.4 Å². The van der Waals surface area contributed by atoms with Gasteiger partial charge in [0.25, 0.3) is 5.69 Å². The van der Waals surface area contributed by atoms with Crippen LogP contribution in [0.15, 0.2) is 18.2 Å². The maximum absolute atomic E-state index is 11.4. The van der Waals surface area contributed by atoms with E-state index in [-0.39, 0.29) is 29.7 Å². The highest BCUT2D eigenvalue weighted by Gasteiger charge is 2.23. The largest absolute Gasteiger partial charge is 0.376 e. The van der Waals surface area contributed by atoms with E-state index < -0.39 is 4.92 Å². The molecule has 1 aliphatic carbocycles. The second-order valence-electron chi connectivity index (χ2n) is 4.30. The lowest BCUT2D eigenvalue weighted by Gasteiger charge is -2.07. The summed E-state index contributed by atoms with van der Waals surface area (Å²) in [6.07, 6.45) is 2.02. The summed E-state index contributed by atoms with van der Waals surface area (Å²) in [5.74, 6) is -0.144. The van der Waals surface area contributed by atoms with Crippen molar-refractivity contribution < 1.29 is 9.72 Å². The normalized spacial score (nSPS) is 13.4. The number of carbonyl (C=O) groups is 1. The zero-order valence-corrected chi connectivity index (χ0v) is 10.0. The van der Waals surface area contributed by atoms with Gasteiger partial charge in [0.1, 0.15) is 11.6 Å². The van der Waals surface area contributed by atoms with E-state index in [1.165, 1.54) is 18.2 Å². The number of amides is 1. The Morgan fingerprint density at radius 2 is 2.26 bits per heavy atom. The van der Waals surface area contributed by atoms with Gasteiger partial charge in [-0.25, -0.2) is 0 Å². The number of hydrogen-bond donors (Lipinski definition) is 2. The van der Waals surface area contributed by atoms with E-state index in [4.69, 9.17) is 5.26 Å². The molecule has 0 aliphatic heterocycles. The Morgan fingerprint density at radius 3 is 2.84 bits per heavy atom. The highest BCUT2D eigenvalue weighted by Crippen LogP contribution is 2.22. The van der Waals surface area contributed by atoms with Gasteiger partial charge in [-0.05, 0) is 25.0 Å². The van der Waals surface area contributed by atoms with Gasteiger partial charge >= 0.3 is 0 Å². The summed E-state index contributed by atoms with van der Waals surface area (Å²) in [6, 6.07) is 6.19. The Bertz CT molecular complexity index is 561. The van der Waals surface area contributed by atoms with Gasteiger partial charge in [-0.15, -0.1) is 0 Å². The third kappa shape index (κ3) is 3.42. The van der Waals surface area contributed by atoms with E-state index in [1.54, 1.807) is 6.07 Å². The van der Waals surface area contributed by atoms with Gasteiger partial charge in [-0.3, -0.25) is 14.9 Å². The summed E-state index contributed by atoms with van der Waals surface area (Å²) in [5, 5.41) is 25.1. The number of hydrogen-bond acceptors (Lipinski definition) is 5. The van der Waals surface area contributed by atoms with Crippen molar-refractivity contribution in [1.29, 1.82) is 5.26 Å². The lowest BCUT2D eigenvalue weighted by atomic mass is 10.2. The number of nitro groups is 1. The minimum atomic E-state index is -0.617. The van der Waals surface area contributed by atoms with Crippen LogP contribution in [0.25, 0.3) is 0 Å². The fourth-order valence-corrected chi connectivity index (χ4v) is 1.58. The van der Waals surface area contributed by atoms with Crippen LogP contribution in [-0.4, -0.2) is 23.4 Å². The lowest BCUT2D eigenvalue weighted by molar-refractivity contribution is -0.385. The number of anilines is 1. The average Bonchev–Trinajstić information content (AvgIpc) is 3.19. The van der Waals surface area contributed by atoms with E-state index in [9.17, 15) is 14.9 Å². The molecule has 1 saturated carbocycles. The zero-order chi connectivity index (χ0) is 13.8. The van der Waals surface area contributed by atoms with E-state index in [2.05, 4.69) is 10.6 Å². The quantitative estimate of drug-likeness (QED) is 0.610. The molecule has 0 spiro atoms. The van der Waals surface area contributed by atoms with Crippen LogP contribution in [0.5, 0.6) is 0 Å². The molecular formula is C12H12N4O3. The molecule has 0 unspecified atom stereocenters. The molecule has 0 saturated heterocycles. The Hall–Kier alpha value is -2.62. The highest BCUT2D eigenvalue weighted by atomic mass is 16.6. The number of nitro benzene ring substituents is 1. The van der Waals surface area contributed by atoms with Gasteiger partial charge in [-0.2, -0.15) is 5.26 Å². The van der Waals surface area contributed by atoms with Gasteiger partial charge in [0.2, 0.25) is 5.91 Å². The van der Waals surface area contributed by atoms with Gasteiger partial charge < -0.3 is 10.6 Å². The number of rotatable bonds is 5. The predicted molar refractivity (Wildman–Crippen MR) is 67.5 cm³/mol. The Balaban J connectivity index is 2.00. The third-order valence-corrected chi connectivity index (χ3v) is 2.71. The first-order chi connectivity index (χ1) is 9.10. The van der Waals surface area contributed by atoms with E-state index >= 15 is 0 Å². The maximum atomic E-state index is 11.4. The fraction of sp³-hybridized carbons (Fsp3) is 0.333. The molecule has 98 valence electrons. The van der Waals surface area contributed by atoms with Gasteiger partial charge in [-0.1, -0.05) is 0 Å². The summed E-state index contributed by atoms with van der Waals surface area (Å²) in [5.41, 5.74) is 0.171. The maximum Gasteiger partial charge on any atom is 0.289 e. The van der Waals surface area contributed by atoms with Crippen molar-refractivity contribution in [2.24, 2.45) is 0 Å². The van der Waals surface area contributed by atoms with Crippen molar-refractivity contribution >= 4 is 17.3 Å². The molecule has 0 radical (unpaired) electrons. The van der Waals surface area contributed by atoms with Crippen LogP contribution in [0.1, 0.15) is 18.4 Å². The number of carbonyl (C=O) groups excluding carboxylic acids is 1. The summed E-state index contributed by atoms with van der Waals surface area (Å²) in [4.78, 5) is 21.6. The molecule has 7 nitrogen and oxygen atoms in total. The minimum absolute atomic E-state index is 0.00187. The van der Waals surface area contributed by atoms with E-state index in [1.807, 2.05) is 0 Å². The SMILES string of the molecule is N#Cc1ccc(NCC(=O)NC2CC2)cc1[N+](=O)[O-]. The molecule has 0 heterocycles. The lowest BCUT2D eigenvalue weighted by Crippen LogP contribution is -2.31. The van der Waals surface area contributed by atoms with Crippen LogP contribution >= 0.6 is 0 Å². The molecule has 1 amide bonds. The molecule has 1 aliphatic rings. The first-order valence-corrected chi connectivity index (χ1v) is 5.82. The molecule has 1 aromatic rings. The summed E-state index contributed by atoms with van der Waals surface area (Å²) < 4.78 is 0. The Labute approximate surface area is 109 Å². The zero-order valence-electron chi connectivity index (χ0n) is 10.0. The summed E-state index contributed by atoms with van der Waals surface area (Å²) >= 11 is 0. The molecule has 1 fully saturated rings. The number of benzene rings is 1. The highest BCUT2D eigenvalue weighted by molar-refractivity contribution is 5.81. The predicted octanol–water partition coefficient (Wildman–Crippen LogP) is 1.16. The third-order valence-electron chi connectivity index (χ3n) is 2.71. The Morgan fingerprint density at radius 1 is 1.53 bits per heavy atom. The molecule has 0 atom stereocenters. The standard InChI is InChI=1S/C12H12N4O3/c13-6-8-1-2-10(5-11(8)16(18)19)14-7-12(17)15-9-3-4-9/h1-2,5,9,14H,3-4,7H2,(H,15,17). The molecule has 2 rings (SSSR count). The van der Waals surface area contributed by atoms with Gasteiger partial charge in [0, 0.05) is 17.8 Å². The van der Waals surface area contributed by atoms with Crippen molar-refractivity contribution in [2.45, 2.75) is 18.9 Å². The van der Waals surface area contributed by atoms with Crippen molar-refractivity contribution in [2.75, 3.05) is 11.9 Å². The number of nitriles is 1. The second kappa shape index (κ2) is 5.35. The van der Waals surface area contributed by atoms with Crippen LogP contribution < -0.4 is 10.6 Å². The minimum Gasteiger partial charge on any atom is -0.376 e. The van der Waals surface area contributed by atoms with Crippen molar-refractivity contribution in [1.82, 2.24) is 5.32 Å². The van der Waals surface area contributed by atoms with E-state index in [0.717, 1.165) is 12.8 Å². The summed E-state index contributed by atoms with van der Waals surface area (Å²) in [6.45, 7) is 0.0551. The second-order valence-corrected chi connectivity index (χ2v) is 4.30. The van der Waals surface area contributed by atoms with Crippen LogP contribution in [0.3, 0.4) is 0 Å². The monoisotopic (exact) mass is 260 g/mol. The smallest absolute Gasteiger partial charge is 0.289 e. The molecule has 2 N–H and O–H groups in total. The molecule has 0 aromatic heterocycles. The van der Waals surface area contributed by atoms with Gasteiger partial charge in [0.15, 0.2) is 0 Å². The number of nitrogens with zero attached hydrogens (tertiary/aromatic N) is 2. The molecular weight excluding hydrogens is 248 g/mol. The van der Waals surface area contributed by atoms with Crippen molar-refractivity contribution in [3.8, 4) is 6.07 Å². The average molecular weight is 260 g/mol. The van der Waals surface area contributed by atoms with Gasteiger partial charge in [0.05, 0.1) is 11.5 Å². The molecule has 19 heavy (non-hydrogen) atoms. The van der Waals surface area contributed by atoms with Crippen molar-refractivity contribution in [3.63, 3.8) is 0 Å². The molecule has 7 heteroatoms. The number of nitrogens with one attached hydrogen (secondary N) is 2. The summed E-state index contributed by atoms with van der Waals surface area (Å²) in [7, 11) is 0.